The zero-order chi connectivity index (χ0) is 14.7. The number of methoxy groups -OCH3 is 1. The number of piperidine rings is 1. The molecule has 1 aliphatic heterocycles. The van der Waals surface area contributed by atoms with Crippen LogP contribution in [0.25, 0.3) is 10.9 Å². The van der Waals surface area contributed by atoms with Gasteiger partial charge in [0.15, 0.2) is 0 Å². The summed E-state index contributed by atoms with van der Waals surface area (Å²) >= 11 is 0. The SMILES string of the molecule is COCC1CCCN(c2c(CN)cnc3ccccc23)C1. The van der Waals surface area contributed by atoms with Gasteiger partial charge >= 0.3 is 0 Å². The lowest BCUT2D eigenvalue weighted by Crippen LogP contribution is -2.38. The van der Waals surface area contributed by atoms with Gasteiger partial charge < -0.3 is 15.4 Å². The minimum absolute atomic E-state index is 0.526. The number of fused-ring (bicyclic) bond motifs is 1. The second-order valence-electron chi connectivity index (χ2n) is 5.76. The highest BCUT2D eigenvalue weighted by molar-refractivity contribution is 5.93. The van der Waals surface area contributed by atoms with E-state index in [2.05, 4.69) is 28.1 Å². The van der Waals surface area contributed by atoms with Crippen LogP contribution in [-0.2, 0) is 11.3 Å². The van der Waals surface area contributed by atoms with Crippen LogP contribution >= 0.6 is 0 Å². The van der Waals surface area contributed by atoms with Crippen LogP contribution in [-0.4, -0.2) is 31.8 Å². The number of nitrogens with two attached hydrogens (primary N) is 1. The van der Waals surface area contributed by atoms with Gasteiger partial charge in [-0.15, -0.1) is 0 Å². The van der Waals surface area contributed by atoms with Crippen LogP contribution in [0.5, 0.6) is 0 Å². The van der Waals surface area contributed by atoms with Gasteiger partial charge in [-0.1, -0.05) is 18.2 Å². The molecule has 1 unspecified atom stereocenters. The quantitative estimate of drug-likeness (QED) is 0.938. The van der Waals surface area contributed by atoms with Gasteiger partial charge in [0.25, 0.3) is 0 Å². The van der Waals surface area contributed by atoms with Crippen molar-refractivity contribution >= 4 is 16.6 Å². The largest absolute Gasteiger partial charge is 0.384 e. The van der Waals surface area contributed by atoms with Crippen molar-refractivity contribution in [3.63, 3.8) is 0 Å². The average Bonchev–Trinajstić information content (AvgIpc) is 2.54. The number of rotatable bonds is 4. The monoisotopic (exact) mass is 285 g/mol. The first-order valence-corrected chi connectivity index (χ1v) is 7.64. The highest BCUT2D eigenvalue weighted by Gasteiger charge is 2.23. The molecule has 21 heavy (non-hydrogen) atoms. The third-order valence-electron chi connectivity index (χ3n) is 4.28. The Kier molecular flexibility index (Phi) is 4.36. The molecule has 112 valence electrons. The van der Waals surface area contributed by atoms with Gasteiger partial charge in [-0.05, 0) is 24.8 Å². The molecular formula is C17H23N3O. The van der Waals surface area contributed by atoms with E-state index < -0.39 is 0 Å². The number of aromatic nitrogens is 1. The molecule has 1 atom stereocenters. The number of pyridine rings is 1. The Labute approximate surface area is 125 Å². The first kappa shape index (κ1) is 14.3. The molecule has 1 fully saturated rings. The molecule has 1 aliphatic rings. The van der Waals surface area contributed by atoms with Crippen molar-refractivity contribution in [1.29, 1.82) is 0 Å². The molecule has 4 heteroatoms. The normalized spacial score (nSPS) is 19.1. The summed E-state index contributed by atoms with van der Waals surface area (Å²) in [6, 6.07) is 8.32. The number of ether oxygens (including phenoxy) is 1. The van der Waals surface area contributed by atoms with E-state index in [9.17, 15) is 0 Å². The maximum Gasteiger partial charge on any atom is 0.0723 e. The predicted octanol–water partition coefficient (Wildman–Crippen LogP) is 2.56. The van der Waals surface area contributed by atoms with E-state index in [0.29, 0.717) is 12.5 Å². The molecule has 2 heterocycles. The van der Waals surface area contributed by atoms with E-state index in [4.69, 9.17) is 10.5 Å². The molecule has 1 aromatic heterocycles. The number of anilines is 1. The van der Waals surface area contributed by atoms with Crippen LogP contribution in [0.3, 0.4) is 0 Å². The van der Waals surface area contributed by atoms with Gasteiger partial charge in [-0.3, -0.25) is 4.98 Å². The second kappa shape index (κ2) is 6.41. The zero-order valence-electron chi connectivity index (χ0n) is 12.6. The van der Waals surface area contributed by atoms with Crippen molar-refractivity contribution in [3.05, 3.63) is 36.0 Å². The van der Waals surface area contributed by atoms with E-state index in [1.54, 1.807) is 7.11 Å². The van der Waals surface area contributed by atoms with Crippen LogP contribution < -0.4 is 10.6 Å². The Hall–Kier alpha value is -1.65. The smallest absolute Gasteiger partial charge is 0.0723 e. The van der Waals surface area contributed by atoms with E-state index in [1.807, 2.05) is 12.3 Å². The van der Waals surface area contributed by atoms with Crippen molar-refractivity contribution in [2.24, 2.45) is 11.7 Å². The Morgan fingerprint density at radius 2 is 2.24 bits per heavy atom. The van der Waals surface area contributed by atoms with Gasteiger partial charge in [0.1, 0.15) is 0 Å². The molecule has 2 N–H and O–H groups in total. The van der Waals surface area contributed by atoms with Crippen LogP contribution in [0.1, 0.15) is 18.4 Å². The van der Waals surface area contributed by atoms with Crippen LogP contribution in [0.4, 0.5) is 5.69 Å². The summed E-state index contributed by atoms with van der Waals surface area (Å²) in [5.74, 6) is 0.598. The number of benzene rings is 1. The average molecular weight is 285 g/mol. The highest BCUT2D eigenvalue weighted by atomic mass is 16.5. The van der Waals surface area contributed by atoms with Crippen LogP contribution in [0.15, 0.2) is 30.5 Å². The lowest BCUT2D eigenvalue weighted by Gasteiger charge is -2.35. The van der Waals surface area contributed by atoms with Crippen LogP contribution in [0, 0.1) is 5.92 Å². The first-order chi connectivity index (χ1) is 10.3. The molecule has 4 nitrogen and oxygen atoms in total. The summed E-state index contributed by atoms with van der Waals surface area (Å²) in [5.41, 5.74) is 9.39. The Balaban J connectivity index is 2.01. The maximum absolute atomic E-state index is 5.95. The second-order valence-corrected chi connectivity index (χ2v) is 5.76. The molecule has 0 radical (unpaired) electrons. The van der Waals surface area contributed by atoms with E-state index in [1.165, 1.54) is 23.9 Å². The molecule has 1 aromatic carbocycles. The van der Waals surface area contributed by atoms with Gasteiger partial charge in [0, 0.05) is 43.9 Å². The fourth-order valence-electron chi connectivity index (χ4n) is 3.33. The van der Waals surface area contributed by atoms with Gasteiger partial charge in [0.2, 0.25) is 0 Å². The Morgan fingerprint density at radius 1 is 1.38 bits per heavy atom. The van der Waals surface area contributed by atoms with Crippen molar-refractivity contribution < 1.29 is 4.74 Å². The van der Waals surface area contributed by atoms with Crippen molar-refractivity contribution in [2.75, 3.05) is 31.7 Å². The third kappa shape index (κ3) is 2.87. The van der Waals surface area contributed by atoms with E-state index >= 15 is 0 Å². The fourth-order valence-corrected chi connectivity index (χ4v) is 3.33. The molecule has 1 saturated heterocycles. The van der Waals surface area contributed by atoms with Crippen LogP contribution in [0.2, 0.25) is 0 Å². The van der Waals surface area contributed by atoms with Crippen molar-refractivity contribution in [2.45, 2.75) is 19.4 Å². The number of hydrogen-bond donors (Lipinski definition) is 1. The number of nitrogens with zero attached hydrogens (tertiary/aromatic N) is 2. The molecule has 0 bridgehead atoms. The molecule has 0 spiro atoms. The predicted molar refractivity (Wildman–Crippen MR) is 86.4 cm³/mol. The minimum atomic E-state index is 0.526. The lowest BCUT2D eigenvalue weighted by atomic mass is 9.97. The molecule has 3 rings (SSSR count). The summed E-state index contributed by atoms with van der Waals surface area (Å²) in [5, 5.41) is 1.21. The Morgan fingerprint density at radius 3 is 3.05 bits per heavy atom. The summed E-state index contributed by atoms with van der Waals surface area (Å²) in [7, 11) is 1.78. The molecule has 0 amide bonds. The molecule has 0 aliphatic carbocycles. The minimum Gasteiger partial charge on any atom is -0.384 e. The summed E-state index contributed by atoms with van der Waals surface area (Å²) in [6.45, 7) is 3.48. The maximum atomic E-state index is 5.95. The summed E-state index contributed by atoms with van der Waals surface area (Å²) in [4.78, 5) is 7.00. The molecular weight excluding hydrogens is 262 g/mol. The van der Waals surface area contributed by atoms with E-state index in [0.717, 1.165) is 30.8 Å². The summed E-state index contributed by atoms with van der Waals surface area (Å²) in [6.07, 6.45) is 4.37. The molecule has 2 aromatic rings. The third-order valence-corrected chi connectivity index (χ3v) is 4.28. The fraction of sp³-hybridized carbons (Fsp3) is 0.471. The van der Waals surface area contributed by atoms with Gasteiger partial charge in [-0.25, -0.2) is 0 Å². The zero-order valence-corrected chi connectivity index (χ0v) is 12.6. The highest BCUT2D eigenvalue weighted by Crippen LogP contribution is 2.32. The van der Waals surface area contributed by atoms with Crippen molar-refractivity contribution in [3.8, 4) is 0 Å². The number of para-hydroxylation sites is 1. The summed E-state index contributed by atoms with van der Waals surface area (Å²) < 4.78 is 5.35. The van der Waals surface area contributed by atoms with Gasteiger partial charge in [-0.2, -0.15) is 0 Å². The van der Waals surface area contributed by atoms with Gasteiger partial charge in [0.05, 0.1) is 17.8 Å². The standard InChI is InChI=1S/C17H23N3O/c1-21-12-13-5-4-8-20(11-13)17-14(9-18)10-19-16-7-3-2-6-15(16)17/h2-3,6-7,10,13H,4-5,8-9,11-12,18H2,1H3. The first-order valence-electron chi connectivity index (χ1n) is 7.64. The molecule has 0 saturated carbocycles. The van der Waals surface area contributed by atoms with E-state index in [-0.39, 0.29) is 0 Å². The lowest BCUT2D eigenvalue weighted by molar-refractivity contribution is 0.143. The Bertz CT molecular complexity index is 612. The topological polar surface area (TPSA) is 51.4 Å². The number of hydrogen-bond acceptors (Lipinski definition) is 4. The van der Waals surface area contributed by atoms with Crippen molar-refractivity contribution in [1.82, 2.24) is 4.98 Å².